The third-order valence-electron chi connectivity index (χ3n) is 3.90. The van der Waals surface area contributed by atoms with Gasteiger partial charge in [0, 0.05) is 31.7 Å². The molecule has 2 aliphatic rings. The van der Waals surface area contributed by atoms with Crippen molar-refractivity contribution in [2.75, 3.05) is 19.8 Å². The predicted molar refractivity (Wildman–Crippen MR) is 71.1 cm³/mol. The Bertz CT molecular complexity index is 267. The van der Waals surface area contributed by atoms with E-state index >= 15 is 0 Å². The molecule has 3 N–H and O–H groups in total. The summed E-state index contributed by atoms with van der Waals surface area (Å²) in [5, 5.41) is 3.00. The first-order valence-electron chi connectivity index (χ1n) is 7.36. The Morgan fingerprint density at radius 1 is 1.28 bits per heavy atom. The van der Waals surface area contributed by atoms with Crippen LogP contribution in [0, 0.1) is 11.8 Å². The second-order valence-electron chi connectivity index (χ2n) is 5.79. The van der Waals surface area contributed by atoms with Gasteiger partial charge in [-0.25, -0.2) is 0 Å². The Morgan fingerprint density at radius 3 is 2.83 bits per heavy atom. The minimum absolute atomic E-state index is 0.140. The minimum atomic E-state index is 0.140. The van der Waals surface area contributed by atoms with Crippen molar-refractivity contribution in [2.45, 2.75) is 51.0 Å². The van der Waals surface area contributed by atoms with E-state index in [0.29, 0.717) is 0 Å². The van der Waals surface area contributed by atoms with Gasteiger partial charge >= 0.3 is 0 Å². The highest BCUT2D eigenvalue weighted by atomic mass is 16.5. The molecule has 0 radical (unpaired) electrons. The van der Waals surface area contributed by atoms with Crippen molar-refractivity contribution in [1.29, 1.82) is 0 Å². The first kappa shape index (κ1) is 13.8. The second-order valence-corrected chi connectivity index (χ2v) is 5.79. The van der Waals surface area contributed by atoms with Gasteiger partial charge in [-0.3, -0.25) is 4.79 Å². The zero-order valence-electron chi connectivity index (χ0n) is 11.2. The van der Waals surface area contributed by atoms with Crippen LogP contribution in [0.4, 0.5) is 0 Å². The third-order valence-corrected chi connectivity index (χ3v) is 3.90. The van der Waals surface area contributed by atoms with Crippen LogP contribution in [0.15, 0.2) is 0 Å². The van der Waals surface area contributed by atoms with E-state index in [9.17, 15) is 4.79 Å². The van der Waals surface area contributed by atoms with Gasteiger partial charge < -0.3 is 15.8 Å². The maximum atomic E-state index is 11.9. The van der Waals surface area contributed by atoms with Gasteiger partial charge in [0.1, 0.15) is 0 Å². The van der Waals surface area contributed by atoms with E-state index < -0.39 is 0 Å². The highest BCUT2D eigenvalue weighted by Crippen LogP contribution is 2.28. The number of hydrogen-bond donors (Lipinski definition) is 2. The maximum absolute atomic E-state index is 11.9. The lowest BCUT2D eigenvalue weighted by atomic mass is 9.85. The molecule has 2 aliphatic carbocycles. The first-order valence-corrected chi connectivity index (χ1v) is 7.36. The van der Waals surface area contributed by atoms with Crippen molar-refractivity contribution in [1.82, 2.24) is 5.32 Å². The summed E-state index contributed by atoms with van der Waals surface area (Å²) in [6.45, 7) is 2.40. The highest BCUT2D eigenvalue weighted by Gasteiger charge is 2.24. The summed E-state index contributed by atoms with van der Waals surface area (Å²) in [5.74, 6) is 1.15. The van der Waals surface area contributed by atoms with Crippen molar-refractivity contribution < 1.29 is 9.53 Å². The van der Waals surface area contributed by atoms with E-state index in [-0.39, 0.29) is 17.9 Å². The highest BCUT2D eigenvalue weighted by molar-refractivity contribution is 5.78. The molecule has 4 heteroatoms. The SMILES string of the molecule is NC1CCCC(C(=O)NCCCOCC2CC2)C1. The molecule has 1 amide bonds. The van der Waals surface area contributed by atoms with Gasteiger partial charge in [-0.1, -0.05) is 6.42 Å². The third kappa shape index (κ3) is 4.94. The fraction of sp³-hybridized carbons (Fsp3) is 0.929. The molecule has 0 aromatic rings. The van der Waals surface area contributed by atoms with Crippen LogP contribution in [0.25, 0.3) is 0 Å². The van der Waals surface area contributed by atoms with Gasteiger partial charge in [-0.15, -0.1) is 0 Å². The maximum Gasteiger partial charge on any atom is 0.223 e. The normalized spacial score (nSPS) is 28.1. The van der Waals surface area contributed by atoms with Crippen LogP contribution >= 0.6 is 0 Å². The van der Waals surface area contributed by atoms with Crippen LogP contribution in [0.2, 0.25) is 0 Å². The Hall–Kier alpha value is -0.610. The predicted octanol–water partition coefficient (Wildman–Crippen LogP) is 1.44. The number of rotatable bonds is 7. The van der Waals surface area contributed by atoms with E-state index in [1.807, 2.05) is 0 Å². The van der Waals surface area contributed by atoms with Gasteiger partial charge in [0.2, 0.25) is 5.91 Å². The molecule has 0 heterocycles. The Kier molecular flexibility index (Phi) is 5.45. The lowest BCUT2D eigenvalue weighted by Crippen LogP contribution is -2.38. The average Bonchev–Trinajstić information content (AvgIpc) is 3.17. The van der Waals surface area contributed by atoms with Crippen molar-refractivity contribution in [3.8, 4) is 0 Å². The standard InChI is InChI=1S/C14H26N2O2/c15-13-4-1-3-12(9-13)14(17)16-7-2-8-18-10-11-5-6-11/h11-13H,1-10,15H2,(H,16,17). The zero-order valence-corrected chi connectivity index (χ0v) is 11.2. The topological polar surface area (TPSA) is 64.4 Å². The summed E-state index contributed by atoms with van der Waals surface area (Å²) < 4.78 is 5.53. The van der Waals surface area contributed by atoms with E-state index in [0.717, 1.165) is 57.8 Å². The number of nitrogens with two attached hydrogens (primary N) is 1. The van der Waals surface area contributed by atoms with Gasteiger partial charge in [0.15, 0.2) is 0 Å². The monoisotopic (exact) mass is 254 g/mol. The molecule has 2 fully saturated rings. The van der Waals surface area contributed by atoms with Gasteiger partial charge in [-0.05, 0) is 44.4 Å². The number of amides is 1. The van der Waals surface area contributed by atoms with Crippen LogP contribution in [-0.4, -0.2) is 31.7 Å². The molecule has 0 saturated heterocycles. The lowest BCUT2D eigenvalue weighted by molar-refractivity contribution is -0.126. The Balaban J connectivity index is 1.48. The zero-order chi connectivity index (χ0) is 12.8. The van der Waals surface area contributed by atoms with Crippen LogP contribution in [0.5, 0.6) is 0 Å². The lowest BCUT2D eigenvalue weighted by Gasteiger charge is -2.25. The number of carbonyl (C=O) groups is 1. The first-order chi connectivity index (χ1) is 8.75. The molecule has 2 unspecified atom stereocenters. The fourth-order valence-corrected chi connectivity index (χ4v) is 2.53. The molecule has 0 spiro atoms. The molecular weight excluding hydrogens is 228 g/mol. The van der Waals surface area contributed by atoms with Crippen LogP contribution < -0.4 is 11.1 Å². The molecule has 104 valence electrons. The number of nitrogens with one attached hydrogen (secondary N) is 1. The molecule has 0 aliphatic heterocycles. The fourth-order valence-electron chi connectivity index (χ4n) is 2.53. The van der Waals surface area contributed by atoms with Crippen molar-refractivity contribution >= 4 is 5.91 Å². The van der Waals surface area contributed by atoms with E-state index in [2.05, 4.69) is 5.32 Å². The molecule has 0 aromatic heterocycles. The van der Waals surface area contributed by atoms with Crippen LogP contribution in [0.3, 0.4) is 0 Å². The van der Waals surface area contributed by atoms with E-state index in [1.54, 1.807) is 0 Å². The molecule has 4 nitrogen and oxygen atoms in total. The number of ether oxygens (including phenoxy) is 1. The molecular formula is C14H26N2O2. The number of carbonyl (C=O) groups excluding carboxylic acids is 1. The van der Waals surface area contributed by atoms with E-state index in [1.165, 1.54) is 12.8 Å². The van der Waals surface area contributed by atoms with Crippen LogP contribution in [0.1, 0.15) is 44.9 Å². The summed E-state index contributed by atoms with van der Waals surface area (Å²) >= 11 is 0. The molecule has 2 atom stereocenters. The molecule has 18 heavy (non-hydrogen) atoms. The summed E-state index contributed by atoms with van der Waals surface area (Å²) in [5.41, 5.74) is 5.89. The van der Waals surface area contributed by atoms with E-state index in [4.69, 9.17) is 10.5 Å². The molecule has 2 saturated carbocycles. The van der Waals surface area contributed by atoms with Crippen molar-refractivity contribution in [2.24, 2.45) is 17.6 Å². The second kappa shape index (κ2) is 7.10. The quantitative estimate of drug-likeness (QED) is 0.676. The van der Waals surface area contributed by atoms with Crippen LogP contribution in [-0.2, 0) is 9.53 Å². The summed E-state index contributed by atoms with van der Waals surface area (Å²) in [7, 11) is 0. The van der Waals surface area contributed by atoms with Gasteiger partial charge in [0.05, 0.1) is 0 Å². The number of hydrogen-bond acceptors (Lipinski definition) is 3. The Morgan fingerprint density at radius 2 is 2.11 bits per heavy atom. The molecule has 2 rings (SSSR count). The minimum Gasteiger partial charge on any atom is -0.381 e. The van der Waals surface area contributed by atoms with Gasteiger partial charge in [-0.2, -0.15) is 0 Å². The van der Waals surface area contributed by atoms with Crippen molar-refractivity contribution in [3.05, 3.63) is 0 Å². The molecule has 0 bridgehead atoms. The summed E-state index contributed by atoms with van der Waals surface area (Å²) in [4.78, 5) is 11.9. The average molecular weight is 254 g/mol. The molecule has 0 aromatic carbocycles. The summed E-state index contributed by atoms with van der Waals surface area (Å²) in [6.07, 6.45) is 7.58. The Labute approximate surface area is 110 Å². The largest absolute Gasteiger partial charge is 0.381 e. The van der Waals surface area contributed by atoms with Gasteiger partial charge in [0.25, 0.3) is 0 Å². The smallest absolute Gasteiger partial charge is 0.223 e. The van der Waals surface area contributed by atoms with Crippen molar-refractivity contribution in [3.63, 3.8) is 0 Å². The summed E-state index contributed by atoms with van der Waals surface area (Å²) in [6, 6.07) is 0.219.